The Morgan fingerprint density at radius 2 is 1.80 bits per heavy atom. The summed E-state index contributed by atoms with van der Waals surface area (Å²) in [5.74, 6) is 2.82. The minimum Gasteiger partial charge on any atom is -0.488 e. The van der Waals surface area contributed by atoms with Crippen molar-refractivity contribution in [3.8, 4) is 11.4 Å². The van der Waals surface area contributed by atoms with Crippen LogP contribution in [-0.4, -0.2) is 64.0 Å². The third-order valence-corrected chi connectivity index (χ3v) is 9.43. The smallest absolute Gasteiger partial charge is 0.324 e. The van der Waals surface area contributed by atoms with Gasteiger partial charge in [-0.15, -0.1) is 0 Å². The summed E-state index contributed by atoms with van der Waals surface area (Å²) in [5, 5.41) is 18.8. The lowest BCUT2D eigenvalue weighted by Gasteiger charge is -2.23. The number of ether oxygens (including phenoxy) is 2. The zero-order valence-electron chi connectivity index (χ0n) is 29.5. The van der Waals surface area contributed by atoms with Crippen LogP contribution >= 0.6 is 11.8 Å². The Kier molecular flexibility index (Phi) is 11.5. The monoisotopic (exact) mass is 707 g/mol. The Hall–Kier alpha value is -4.91. The second-order valence-electron chi connectivity index (χ2n) is 13.6. The van der Waals surface area contributed by atoms with Gasteiger partial charge in [0.25, 0.3) is 0 Å². The number of aromatic nitrogens is 3. The van der Waals surface area contributed by atoms with E-state index < -0.39 is 0 Å². The van der Waals surface area contributed by atoms with Gasteiger partial charge >= 0.3 is 6.03 Å². The molecule has 1 unspecified atom stereocenters. The van der Waals surface area contributed by atoms with Gasteiger partial charge in [-0.1, -0.05) is 62.7 Å². The highest BCUT2D eigenvalue weighted by molar-refractivity contribution is 7.99. The fraction of sp³-hybridized carbons (Fsp3) is 0.333. The highest BCUT2D eigenvalue weighted by atomic mass is 32.2. The number of carbonyl (C=O) groups is 2. The summed E-state index contributed by atoms with van der Waals surface area (Å²) in [4.78, 5) is 30.3. The summed E-state index contributed by atoms with van der Waals surface area (Å²) in [6.07, 6.45) is 2.78. The largest absolute Gasteiger partial charge is 0.488 e. The number of urea groups is 1. The van der Waals surface area contributed by atoms with Crippen LogP contribution < -0.4 is 26.0 Å². The molecule has 0 aliphatic carbocycles. The lowest BCUT2D eigenvalue weighted by atomic mass is 9.92. The molecule has 0 radical (unpaired) electrons. The van der Waals surface area contributed by atoms with Crippen molar-refractivity contribution in [1.29, 1.82) is 0 Å². The summed E-state index contributed by atoms with van der Waals surface area (Å²) in [6, 6.07) is 24.7. The van der Waals surface area contributed by atoms with Crippen molar-refractivity contribution in [3.05, 3.63) is 102 Å². The van der Waals surface area contributed by atoms with E-state index in [1.54, 1.807) is 22.6 Å². The van der Waals surface area contributed by atoms with E-state index in [0.29, 0.717) is 28.8 Å². The van der Waals surface area contributed by atoms with Gasteiger partial charge in [0.1, 0.15) is 24.0 Å². The third-order valence-electron chi connectivity index (χ3n) is 8.44. The maximum absolute atomic E-state index is 13.4. The number of anilines is 3. The molecule has 3 heterocycles. The molecule has 266 valence electrons. The predicted octanol–water partition coefficient (Wildman–Crippen LogP) is 7.30. The van der Waals surface area contributed by atoms with Gasteiger partial charge in [0.2, 0.25) is 5.91 Å². The zero-order valence-corrected chi connectivity index (χ0v) is 30.3. The Labute approximate surface area is 302 Å². The molecule has 0 bridgehead atoms. The van der Waals surface area contributed by atoms with Crippen molar-refractivity contribution in [2.75, 3.05) is 47.2 Å². The van der Waals surface area contributed by atoms with E-state index in [0.717, 1.165) is 65.2 Å². The molecule has 0 spiro atoms. The summed E-state index contributed by atoms with van der Waals surface area (Å²) < 4.78 is 13.7. The van der Waals surface area contributed by atoms with E-state index in [1.807, 2.05) is 85.8 Å². The van der Waals surface area contributed by atoms with Crippen LogP contribution in [0.25, 0.3) is 16.5 Å². The van der Waals surface area contributed by atoms with Gasteiger partial charge < -0.3 is 25.4 Å². The molecule has 11 nitrogen and oxygen atoms in total. The molecule has 6 rings (SSSR count). The molecule has 3 amide bonds. The fourth-order valence-corrected chi connectivity index (χ4v) is 6.48. The van der Waals surface area contributed by atoms with Crippen molar-refractivity contribution < 1.29 is 19.1 Å². The van der Waals surface area contributed by atoms with Crippen molar-refractivity contribution in [3.63, 3.8) is 0 Å². The first-order chi connectivity index (χ1) is 24.6. The van der Waals surface area contributed by atoms with E-state index in [9.17, 15) is 9.59 Å². The highest BCUT2D eigenvalue weighted by Gasteiger charge is 2.22. The van der Waals surface area contributed by atoms with E-state index in [4.69, 9.17) is 14.6 Å². The van der Waals surface area contributed by atoms with E-state index in [2.05, 4.69) is 47.0 Å². The van der Waals surface area contributed by atoms with Crippen molar-refractivity contribution in [2.45, 2.75) is 52.2 Å². The first-order valence-electron chi connectivity index (χ1n) is 17.2. The standard InChI is InChI=1S/C39H45N7O4S/c1-26-9-11-28(12-10-26)46-36(22-34(45-46)39(2,3)4)44-38(48)42-32-13-14-33(31-8-6-5-7-30(31)32)50-24-27-15-17-41-35(21-27)43-37(47)25-51-20-16-29-23-40-18-19-49-29/h5-15,17,21-22,29,40H,16,18-20,23-25H2,1-4H3,(H,41,43,47)(H2,42,44,48). The molecular weight excluding hydrogens is 663 g/mol. The summed E-state index contributed by atoms with van der Waals surface area (Å²) in [7, 11) is 0. The van der Waals surface area contributed by atoms with Crippen molar-refractivity contribution in [1.82, 2.24) is 20.1 Å². The number of aryl methyl sites for hydroxylation is 1. The number of amides is 3. The Bertz CT molecular complexity index is 1970. The highest BCUT2D eigenvalue weighted by Crippen LogP contribution is 2.33. The number of pyridine rings is 1. The number of hydrogen-bond acceptors (Lipinski definition) is 8. The third kappa shape index (κ3) is 9.66. The molecule has 0 saturated carbocycles. The molecule has 1 aliphatic heterocycles. The van der Waals surface area contributed by atoms with Gasteiger partial charge in [0.15, 0.2) is 0 Å². The Balaban J connectivity index is 1.08. The molecule has 5 aromatic rings. The van der Waals surface area contributed by atoms with Crippen LogP contribution in [0, 0.1) is 6.92 Å². The minimum atomic E-state index is -0.386. The predicted molar refractivity (Wildman–Crippen MR) is 205 cm³/mol. The van der Waals surface area contributed by atoms with Crippen LogP contribution in [0.15, 0.2) is 85.1 Å². The van der Waals surface area contributed by atoms with E-state index >= 15 is 0 Å². The summed E-state index contributed by atoms with van der Waals surface area (Å²) in [5.41, 5.74) is 4.16. The molecule has 3 aromatic carbocycles. The lowest BCUT2D eigenvalue weighted by Crippen LogP contribution is -2.38. The summed E-state index contributed by atoms with van der Waals surface area (Å²) in [6.45, 7) is 11.1. The van der Waals surface area contributed by atoms with Crippen molar-refractivity contribution in [2.24, 2.45) is 0 Å². The number of hydrogen-bond donors (Lipinski definition) is 4. The van der Waals surface area contributed by atoms with Gasteiger partial charge in [-0.3, -0.25) is 10.1 Å². The summed E-state index contributed by atoms with van der Waals surface area (Å²) >= 11 is 1.59. The van der Waals surface area contributed by atoms with Crippen LogP contribution in [0.1, 0.15) is 44.0 Å². The van der Waals surface area contributed by atoms with Crippen LogP contribution in [-0.2, 0) is 21.6 Å². The van der Waals surface area contributed by atoms with Crippen LogP contribution in [0.2, 0.25) is 0 Å². The molecule has 1 saturated heterocycles. The lowest BCUT2D eigenvalue weighted by molar-refractivity contribution is -0.113. The molecule has 1 aliphatic rings. The van der Waals surface area contributed by atoms with E-state index in [1.165, 1.54) is 0 Å². The topological polar surface area (TPSA) is 131 Å². The van der Waals surface area contributed by atoms with Crippen LogP contribution in [0.5, 0.6) is 5.75 Å². The van der Waals surface area contributed by atoms with E-state index in [-0.39, 0.29) is 30.1 Å². The first kappa shape index (κ1) is 35.9. The van der Waals surface area contributed by atoms with Gasteiger partial charge in [-0.2, -0.15) is 16.9 Å². The second kappa shape index (κ2) is 16.4. The molecule has 1 atom stereocenters. The molecule has 4 N–H and O–H groups in total. The number of thioether (sulfide) groups is 1. The SMILES string of the molecule is Cc1ccc(-n2nc(C(C)(C)C)cc2NC(=O)Nc2ccc(OCc3ccnc(NC(=O)CSCCC4CNCCO4)c3)c3ccccc23)cc1. The maximum Gasteiger partial charge on any atom is 0.324 e. The van der Waals surface area contributed by atoms with Crippen molar-refractivity contribution >= 4 is 51.8 Å². The number of rotatable bonds is 12. The van der Waals surface area contributed by atoms with Crippen LogP contribution in [0.4, 0.5) is 22.1 Å². The van der Waals surface area contributed by atoms with Gasteiger partial charge in [-0.05, 0) is 61.1 Å². The van der Waals surface area contributed by atoms with Gasteiger partial charge in [-0.25, -0.2) is 14.5 Å². The average molecular weight is 708 g/mol. The molecule has 51 heavy (non-hydrogen) atoms. The molecular formula is C39H45N7O4S. The number of nitrogens with zero attached hydrogens (tertiary/aromatic N) is 3. The fourth-order valence-electron chi connectivity index (χ4n) is 5.65. The van der Waals surface area contributed by atoms with Gasteiger partial charge in [0, 0.05) is 41.5 Å². The van der Waals surface area contributed by atoms with Gasteiger partial charge in [0.05, 0.1) is 35.5 Å². The first-order valence-corrected chi connectivity index (χ1v) is 18.3. The maximum atomic E-state index is 13.4. The number of nitrogens with one attached hydrogen (secondary N) is 4. The number of morpholine rings is 1. The Morgan fingerprint density at radius 1 is 1.00 bits per heavy atom. The molecule has 12 heteroatoms. The second-order valence-corrected chi connectivity index (χ2v) is 14.7. The number of carbonyl (C=O) groups excluding carboxylic acids is 2. The number of benzene rings is 3. The normalized spacial score (nSPS) is 14.6. The van der Waals surface area contributed by atoms with Crippen LogP contribution in [0.3, 0.4) is 0 Å². The molecule has 2 aromatic heterocycles. The minimum absolute atomic E-state index is 0.0966. The zero-order chi connectivity index (χ0) is 35.8. The molecule has 1 fully saturated rings. The average Bonchev–Trinajstić information content (AvgIpc) is 3.55. The number of fused-ring (bicyclic) bond motifs is 1. The quantitative estimate of drug-likeness (QED) is 0.0995. The Morgan fingerprint density at radius 3 is 2.57 bits per heavy atom.